The lowest BCUT2D eigenvalue weighted by molar-refractivity contribution is -0.653. The van der Waals surface area contributed by atoms with Crippen molar-refractivity contribution in [2.75, 3.05) is 6.61 Å². The van der Waals surface area contributed by atoms with Crippen molar-refractivity contribution in [1.29, 1.82) is 0 Å². The second-order valence-corrected chi connectivity index (χ2v) is 6.29. The molecule has 126 valence electrons. The smallest absolute Gasteiger partial charge is 0.256 e. The topological polar surface area (TPSA) is 38.3 Å². The summed E-state index contributed by atoms with van der Waals surface area (Å²) in [7, 11) is 2.06. The van der Waals surface area contributed by atoms with E-state index in [0.29, 0.717) is 17.3 Å². The molecule has 0 aliphatic rings. The van der Waals surface area contributed by atoms with Crippen molar-refractivity contribution in [3.63, 3.8) is 0 Å². The lowest BCUT2D eigenvalue weighted by Gasteiger charge is -2.12. The second kappa shape index (κ2) is 7.24. The van der Waals surface area contributed by atoms with Gasteiger partial charge in [0.15, 0.2) is 11.0 Å². The van der Waals surface area contributed by atoms with Gasteiger partial charge in [0, 0.05) is 11.4 Å². The largest absolute Gasteiger partial charge is 0.491 e. The van der Waals surface area contributed by atoms with Gasteiger partial charge >= 0.3 is 0 Å². The van der Waals surface area contributed by atoms with Gasteiger partial charge in [0.25, 0.3) is 5.82 Å². The molecule has 3 aromatic rings. The summed E-state index contributed by atoms with van der Waals surface area (Å²) in [6.07, 6.45) is 0.289. The molecule has 3 rings (SSSR count). The fourth-order valence-electron chi connectivity index (χ4n) is 3.08. The fourth-order valence-corrected chi connectivity index (χ4v) is 3.26. The standard InChI is InChI=1S/C19H22ClN2O2/c1-3-19-21(2)17-9-4-5-10-18(17)22(19)12-15(23)13-24-16-8-6-7-14(20)11-16/h4-11,15,23H,3,12-13H2,1-2H3/q+1. The highest BCUT2D eigenvalue weighted by Gasteiger charge is 2.23. The molecule has 1 atom stereocenters. The zero-order valence-electron chi connectivity index (χ0n) is 13.9. The van der Waals surface area contributed by atoms with Gasteiger partial charge in [-0.2, -0.15) is 0 Å². The van der Waals surface area contributed by atoms with Gasteiger partial charge in [0.1, 0.15) is 25.0 Å². The fraction of sp³-hybridized carbons (Fsp3) is 0.316. The maximum atomic E-state index is 10.4. The Hall–Kier alpha value is -2.04. The first-order valence-electron chi connectivity index (χ1n) is 8.12. The number of halogens is 1. The third kappa shape index (κ3) is 3.40. The first-order valence-corrected chi connectivity index (χ1v) is 8.50. The molecular weight excluding hydrogens is 324 g/mol. The summed E-state index contributed by atoms with van der Waals surface area (Å²) in [5.74, 6) is 1.85. The van der Waals surface area contributed by atoms with E-state index in [1.165, 1.54) is 5.82 Å². The number of aliphatic hydroxyl groups is 1. The molecule has 1 heterocycles. The van der Waals surface area contributed by atoms with E-state index in [2.05, 4.69) is 35.2 Å². The molecule has 24 heavy (non-hydrogen) atoms. The number of rotatable bonds is 6. The van der Waals surface area contributed by atoms with Crippen LogP contribution in [-0.4, -0.2) is 22.4 Å². The number of para-hydroxylation sites is 2. The van der Waals surface area contributed by atoms with E-state index in [4.69, 9.17) is 16.3 Å². The predicted octanol–water partition coefficient (Wildman–Crippen LogP) is 3.12. The molecule has 1 unspecified atom stereocenters. The van der Waals surface area contributed by atoms with E-state index in [9.17, 15) is 5.11 Å². The summed E-state index contributed by atoms with van der Waals surface area (Å²) in [6, 6.07) is 15.4. The van der Waals surface area contributed by atoms with Crippen LogP contribution >= 0.6 is 11.6 Å². The number of ether oxygens (including phenoxy) is 1. The van der Waals surface area contributed by atoms with Crippen LogP contribution < -0.4 is 9.30 Å². The number of imidazole rings is 1. The minimum atomic E-state index is -0.606. The second-order valence-electron chi connectivity index (χ2n) is 5.85. The molecule has 0 amide bonds. The van der Waals surface area contributed by atoms with Crippen LogP contribution in [0.15, 0.2) is 48.5 Å². The Labute approximate surface area is 146 Å². The van der Waals surface area contributed by atoms with Gasteiger partial charge in [-0.1, -0.05) is 36.7 Å². The van der Waals surface area contributed by atoms with Crippen LogP contribution in [0.4, 0.5) is 0 Å². The average Bonchev–Trinajstić information content (AvgIpc) is 2.85. The van der Waals surface area contributed by atoms with Crippen molar-refractivity contribution in [3.8, 4) is 5.75 Å². The molecule has 1 aromatic heterocycles. The van der Waals surface area contributed by atoms with Crippen LogP contribution in [0.3, 0.4) is 0 Å². The van der Waals surface area contributed by atoms with Gasteiger partial charge in [-0.15, -0.1) is 0 Å². The Balaban J connectivity index is 1.77. The summed E-state index contributed by atoms with van der Waals surface area (Å²) in [6.45, 7) is 2.84. The first kappa shape index (κ1) is 16.8. The summed E-state index contributed by atoms with van der Waals surface area (Å²) in [5, 5.41) is 11.1. The normalized spacial score (nSPS) is 12.5. The van der Waals surface area contributed by atoms with E-state index in [1.807, 2.05) is 24.3 Å². The lowest BCUT2D eigenvalue weighted by Crippen LogP contribution is -2.34. The summed E-state index contributed by atoms with van der Waals surface area (Å²) in [4.78, 5) is 0. The Kier molecular flexibility index (Phi) is 5.07. The molecule has 0 spiro atoms. The van der Waals surface area contributed by atoms with E-state index in [1.54, 1.807) is 12.1 Å². The number of aliphatic hydroxyl groups excluding tert-OH is 1. The highest BCUT2D eigenvalue weighted by Crippen LogP contribution is 2.18. The van der Waals surface area contributed by atoms with Gasteiger partial charge < -0.3 is 9.84 Å². The minimum absolute atomic E-state index is 0.222. The molecule has 2 aromatic carbocycles. The molecule has 0 aliphatic heterocycles. The molecule has 0 fully saturated rings. The SMILES string of the molecule is CCc1n(CC(O)COc2cccc(Cl)c2)c2ccccc2[n+]1C. The number of fused-ring (bicyclic) bond motifs is 1. The van der Waals surface area contributed by atoms with Crippen LogP contribution in [0.5, 0.6) is 5.75 Å². The monoisotopic (exact) mass is 345 g/mol. The average molecular weight is 346 g/mol. The highest BCUT2D eigenvalue weighted by molar-refractivity contribution is 6.30. The van der Waals surface area contributed by atoms with Gasteiger partial charge in [-0.05, 0) is 30.3 Å². The van der Waals surface area contributed by atoms with Crippen LogP contribution in [0.1, 0.15) is 12.7 Å². The van der Waals surface area contributed by atoms with Crippen molar-refractivity contribution in [2.45, 2.75) is 26.0 Å². The van der Waals surface area contributed by atoms with Gasteiger partial charge in [0.05, 0.1) is 7.05 Å². The quantitative estimate of drug-likeness (QED) is 0.697. The first-order chi connectivity index (χ1) is 11.6. The van der Waals surface area contributed by atoms with E-state index >= 15 is 0 Å². The third-order valence-electron chi connectivity index (χ3n) is 4.18. The summed E-state index contributed by atoms with van der Waals surface area (Å²) >= 11 is 5.95. The van der Waals surface area contributed by atoms with Crippen molar-refractivity contribution < 1.29 is 14.4 Å². The Bertz CT molecular complexity index is 844. The maximum absolute atomic E-state index is 10.4. The van der Waals surface area contributed by atoms with Gasteiger partial charge in [-0.25, -0.2) is 9.13 Å². The summed E-state index contributed by atoms with van der Waals surface area (Å²) < 4.78 is 10.0. The van der Waals surface area contributed by atoms with Gasteiger partial charge in [-0.3, -0.25) is 0 Å². The van der Waals surface area contributed by atoms with Crippen LogP contribution in [0.2, 0.25) is 5.02 Å². The molecule has 5 heteroatoms. The molecule has 0 saturated carbocycles. The third-order valence-corrected chi connectivity index (χ3v) is 4.42. The van der Waals surface area contributed by atoms with Crippen LogP contribution in [0, 0.1) is 0 Å². The minimum Gasteiger partial charge on any atom is -0.491 e. The lowest BCUT2D eigenvalue weighted by atomic mass is 10.3. The highest BCUT2D eigenvalue weighted by atomic mass is 35.5. The number of nitrogens with zero attached hydrogens (tertiary/aromatic N) is 2. The number of hydrogen-bond donors (Lipinski definition) is 1. The van der Waals surface area contributed by atoms with Crippen LogP contribution in [0.25, 0.3) is 11.0 Å². The molecular formula is C19H22ClN2O2+. The Morgan fingerprint density at radius 3 is 2.75 bits per heavy atom. The van der Waals surface area contributed by atoms with E-state index in [-0.39, 0.29) is 6.61 Å². The van der Waals surface area contributed by atoms with Crippen molar-refractivity contribution >= 4 is 22.6 Å². The molecule has 0 aliphatic carbocycles. The number of aromatic nitrogens is 2. The van der Waals surface area contributed by atoms with Crippen molar-refractivity contribution in [3.05, 3.63) is 59.4 Å². The number of hydrogen-bond acceptors (Lipinski definition) is 2. The Morgan fingerprint density at radius 1 is 1.21 bits per heavy atom. The van der Waals surface area contributed by atoms with Crippen molar-refractivity contribution in [1.82, 2.24) is 4.57 Å². The zero-order valence-corrected chi connectivity index (χ0v) is 14.7. The zero-order chi connectivity index (χ0) is 17.1. The molecule has 0 radical (unpaired) electrons. The number of aryl methyl sites for hydroxylation is 1. The molecule has 1 N–H and O–H groups in total. The predicted molar refractivity (Wildman–Crippen MR) is 95.4 cm³/mol. The summed E-state index contributed by atoms with van der Waals surface area (Å²) in [5.41, 5.74) is 2.29. The molecule has 0 saturated heterocycles. The van der Waals surface area contributed by atoms with E-state index in [0.717, 1.165) is 17.5 Å². The maximum Gasteiger partial charge on any atom is 0.256 e. The Morgan fingerprint density at radius 2 is 2.00 bits per heavy atom. The molecule has 4 nitrogen and oxygen atoms in total. The van der Waals surface area contributed by atoms with Gasteiger partial charge in [0.2, 0.25) is 0 Å². The van der Waals surface area contributed by atoms with E-state index < -0.39 is 6.10 Å². The number of benzene rings is 2. The van der Waals surface area contributed by atoms with Crippen LogP contribution in [-0.2, 0) is 20.0 Å². The molecule has 0 bridgehead atoms. The van der Waals surface area contributed by atoms with Crippen molar-refractivity contribution in [2.24, 2.45) is 7.05 Å².